The second-order valence-electron chi connectivity index (χ2n) is 8.83. The van der Waals surface area contributed by atoms with Gasteiger partial charge in [0.15, 0.2) is 0 Å². The molecule has 12 nitrogen and oxygen atoms in total. The monoisotopic (exact) mass is 562 g/mol. The molecule has 0 aliphatic heterocycles. The maximum atomic E-state index is 13.3. The lowest BCUT2D eigenvalue weighted by molar-refractivity contribution is -0.143. The molecule has 0 bridgehead atoms. The summed E-state index contributed by atoms with van der Waals surface area (Å²) in [7, 11) is 0. The number of amides is 3. The molecule has 39 heavy (non-hydrogen) atoms. The van der Waals surface area contributed by atoms with E-state index in [-0.39, 0.29) is 30.8 Å². The Hall–Kier alpha value is -3.81. The van der Waals surface area contributed by atoms with Crippen LogP contribution in [0.3, 0.4) is 0 Å². The van der Waals surface area contributed by atoms with Crippen molar-refractivity contribution in [3.05, 3.63) is 59.7 Å². The molecule has 4 atom stereocenters. The molecule has 2 rings (SSSR count). The number of phenolic OH excluding ortho intramolecular Hbond substituents is 2. The Morgan fingerprint density at radius 3 is 1.72 bits per heavy atom. The minimum atomic E-state index is -1.58. The average molecular weight is 563 g/mol. The predicted molar refractivity (Wildman–Crippen MR) is 145 cm³/mol. The maximum absolute atomic E-state index is 13.3. The zero-order chi connectivity index (χ0) is 28.9. The Balaban J connectivity index is 2.18. The first kappa shape index (κ1) is 31.4. The third-order valence-corrected chi connectivity index (χ3v) is 6.42. The molecule has 13 heteroatoms. The van der Waals surface area contributed by atoms with Crippen LogP contribution in [0.2, 0.25) is 0 Å². The van der Waals surface area contributed by atoms with Crippen molar-refractivity contribution in [2.45, 2.75) is 43.4 Å². The van der Waals surface area contributed by atoms with Crippen molar-refractivity contribution in [1.29, 1.82) is 0 Å². The van der Waals surface area contributed by atoms with Crippen molar-refractivity contribution in [3.8, 4) is 11.5 Å². The summed E-state index contributed by atoms with van der Waals surface area (Å²) >= 11 is 1.45. The minimum absolute atomic E-state index is 0.00139. The molecule has 0 saturated heterocycles. The van der Waals surface area contributed by atoms with Crippen molar-refractivity contribution in [2.75, 3.05) is 18.6 Å². The first-order valence-electron chi connectivity index (χ1n) is 12.1. The molecule has 0 aliphatic carbocycles. The normalized spacial score (nSPS) is 13.9. The molecule has 0 aromatic heterocycles. The summed E-state index contributed by atoms with van der Waals surface area (Å²) in [5, 5.41) is 44.9. The van der Waals surface area contributed by atoms with E-state index in [0.717, 1.165) is 0 Å². The van der Waals surface area contributed by atoms with Crippen LogP contribution in [0.25, 0.3) is 0 Å². The van der Waals surface area contributed by atoms with Crippen molar-refractivity contribution < 1.29 is 39.6 Å². The van der Waals surface area contributed by atoms with Crippen LogP contribution in [0.4, 0.5) is 0 Å². The highest BCUT2D eigenvalue weighted by atomic mass is 32.2. The van der Waals surface area contributed by atoms with Gasteiger partial charge in [0.05, 0.1) is 12.6 Å². The number of hydrogen-bond donors (Lipinski definition) is 8. The number of aromatic hydroxyl groups is 2. The number of nitrogens with one attached hydrogen (secondary N) is 3. The molecular formula is C26H34N4O8S. The molecule has 9 N–H and O–H groups in total. The summed E-state index contributed by atoms with van der Waals surface area (Å²) in [6.45, 7) is -0.855. The van der Waals surface area contributed by atoms with Crippen LogP contribution in [0.1, 0.15) is 17.5 Å². The predicted octanol–water partition coefficient (Wildman–Crippen LogP) is -0.505. The number of aliphatic hydroxyl groups excluding tert-OH is 1. The quantitative estimate of drug-likeness (QED) is 0.139. The largest absolute Gasteiger partial charge is 0.508 e. The molecule has 0 fully saturated rings. The Labute approximate surface area is 230 Å². The molecule has 0 saturated carbocycles. The molecular weight excluding hydrogens is 528 g/mol. The Morgan fingerprint density at radius 1 is 0.769 bits per heavy atom. The fraction of sp³-hybridized carbons (Fsp3) is 0.385. The average Bonchev–Trinajstić information content (AvgIpc) is 2.91. The smallest absolute Gasteiger partial charge is 0.328 e. The Morgan fingerprint density at radius 2 is 1.23 bits per heavy atom. The molecule has 0 spiro atoms. The van der Waals surface area contributed by atoms with Crippen LogP contribution in [0.15, 0.2) is 48.5 Å². The number of hydrogen-bond acceptors (Lipinski definition) is 9. The van der Waals surface area contributed by atoms with E-state index in [0.29, 0.717) is 16.9 Å². The third-order valence-electron chi connectivity index (χ3n) is 5.78. The van der Waals surface area contributed by atoms with E-state index in [1.165, 1.54) is 48.2 Å². The molecule has 212 valence electrons. The van der Waals surface area contributed by atoms with Gasteiger partial charge in [0.2, 0.25) is 17.7 Å². The fourth-order valence-electron chi connectivity index (χ4n) is 3.57. The number of aliphatic hydroxyl groups is 1. The lowest BCUT2D eigenvalue weighted by Crippen LogP contribution is -2.58. The topological polar surface area (TPSA) is 211 Å². The number of nitrogens with two attached hydrogens (primary N) is 1. The number of thioether (sulfide) groups is 1. The molecule has 2 aromatic rings. The van der Waals surface area contributed by atoms with E-state index in [1.54, 1.807) is 12.1 Å². The van der Waals surface area contributed by atoms with Crippen molar-refractivity contribution in [1.82, 2.24) is 16.0 Å². The second kappa shape index (κ2) is 15.6. The number of carbonyl (C=O) groups excluding carboxylic acids is 3. The van der Waals surface area contributed by atoms with Crippen molar-refractivity contribution in [2.24, 2.45) is 5.73 Å². The van der Waals surface area contributed by atoms with E-state index < -0.39 is 54.5 Å². The standard InChI is InChI=1S/C26H34N4O8S/c1-39-11-10-20(28-23(34)19(27)12-15-2-6-17(32)7-3-15)24(35)29-21(13-16-4-8-18(33)9-5-16)25(36)30-22(14-31)26(37)38/h2-9,19-22,31-33H,10-14,27H2,1H3,(H,28,34)(H,29,35)(H,30,36)(H,37,38). The number of aliphatic carboxylic acids is 1. The van der Waals surface area contributed by atoms with Gasteiger partial charge in [0.1, 0.15) is 29.6 Å². The Bertz CT molecular complexity index is 1110. The highest BCUT2D eigenvalue weighted by molar-refractivity contribution is 7.98. The van der Waals surface area contributed by atoms with Crippen molar-refractivity contribution >= 4 is 35.5 Å². The van der Waals surface area contributed by atoms with Gasteiger partial charge in [-0.25, -0.2) is 4.79 Å². The number of phenols is 2. The van der Waals surface area contributed by atoms with Crippen LogP contribution in [0, 0.1) is 0 Å². The van der Waals surface area contributed by atoms with E-state index in [9.17, 15) is 39.6 Å². The third kappa shape index (κ3) is 10.5. The first-order valence-corrected chi connectivity index (χ1v) is 13.5. The number of benzene rings is 2. The number of rotatable bonds is 15. The summed E-state index contributed by atoms with van der Waals surface area (Å²) in [4.78, 5) is 50.3. The first-order chi connectivity index (χ1) is 18.5. The van der Waals surface area contributed by atoms with Gasteiger partial charge in [-0.3, -0.25) is 14.4 Å². The van der Waals surface area contributed by atoms with E-state index in [2.05, 4.69) is 16.0 Å². The van der Waals surface area contributed by atoms with E-state index in [1.807, 2.05) is 6.26 Å². The van der Waals surface area contributed by atoms with Crippen molar-refractivity contribution in [3.63, 3.8) is 0 Å². The van der Waals surface area contributed by atoms with Crippen LogP contribution >= 0.6 is 11.8 Å². The molecule has 0 heterocycles. The summed E-state index contributed by atoms with van der Waals surface area (Å²) in [6.07, 6.45) is 2.16. The van der Waals surface area contributed by atoms with E-state index >= 15 is 0 Å². The molecule has 0 radical (unpaired) electrons. The van der Waals surface area contributed by atoms with Gasteiger partial charge >= 0.3 is 5.97 Å². The van der Waals surface area contributed by atoms with Gasteiger partial charge < -0.3 is 42.1 Å². The van der Waals surface area contributed by atoms with Gasteiger partial charge in [-0.1, -0.05) is 24.3 Å². The molecule has 0 aliphatic rings. The van der Waals surface area contributed by atoms with Crippen LogP contribution in [0.5, 0.6) is 11.5 Å². The Kier molecular flexibility index (Phi) is 12.5. The second-order valence-corrected chi connectivity index (χ2v) is 9.82. The molecule has 2 aromatic carbocycles. The van der Waals surface area contributed by atoms with Gasteiger partial charge in [-0.05, 0) is 60.2 Å². The van der Waals surface area contributed by atoms with Crippen LogP contribution in [-0.2, 0) is 32.0 Å². The summed E-state index contributed by atoms with van der Waals surface area (Å²) in [6, 6.07) is 7.21. The SMILES string of the molecule is CSCCC(NC(=O)C(N)Cc1ccc(O)cc1)C(=O)NC(Cc1ccc(O)cc1)C(=O)NC(CO)C(=O)O. The summed E-state index contributed by atoms with van der Waals surface area (Å²) < 4.78 is 0. The highest BCUT2D eigenvalue weighted by Crippen LogP contribution is 2.13. The minimum Gasteiger partial charge on any atom is -0.508 e. The molecule has 4 unspecified atom stereocenters. The van der Waals surface area contributed by atoms with Crippen LogP contribution in [-0.4, -0.2) is 86.9 Å². The van der Waals surface area contributed by atoms with E-state index in [4.69, 9.17) is 5.73 Å². The number of carbonyl (C=O) groups is 4. The zero-order valence-electron chi connectivity index (χ0n) is 21.4. The van der Waals surface area contributed by atoms with Crippen LogP contribution < -0.4 is 21.7 Å². The van der Waals surface area contributed by atoms with Gasteiger partial charge in [-0.2, -0.15) is 11.8 Å². The lowest BCUT2D eigenvalue weighted by atomic mass is 10.0. The lowest BCUT2D eigenvalue weighted by Gasteiger charge is -2.25. The zero-order valence-corrected chi connectivity index (χ0v) is 22.2. The van der Waals surface area contributed by atoms with Gasteiger partial charge in [-0.15, -0.1) is 0 Å². The molecule has 3 amide bonds. The number of carboxylic acid groups (broad SMARTS) is 1. The van der Waals surface area contributed by atoms with Gasteiger partial charge in [0, 0.05) is 6.42 Å². The summed E-state index contributed by atoms with van der Waals surface area (Å²) in [5.41, 5.74) is 7.32. The maximum Gasteiger partial charge on any atom is 0.328 e. The fourth-order valence-corrected chi connectivity index (χ4v) is 4.04. The summed E-state index contributed by atoms with van der Waals surface area (Å²) in [5.74, 6) is -2.99. The van der Waals surface area contributed by atoms with Gasteiger partial charge in [0.25, 0.3) is 0 Å². The highest BCUT2D eigenvalue weighted by Gasteiger charge is 2.30. The number of carboxylic acids is 1.